The van der Waals surface area contributed by atoms with Crippen LogP contribution in [0.1, 0.15) is 11.7 Å². The van der Waals surface area contributed by atoms with Crippen molar-refractivity contribution in [2.75, 3.05) is 0 Å². The summed E-state index contributed by atoms with van der Waals surface area (Å²) in [5.41, 5.74) is 0.0680. The van der Waals surface area contributed by atoms with Crippen LogP contribution in [0.2, 0.25) is 0 Å². The second kappa shape index (κ2) is 5.31. The van der Waals surface area contributed by atoms with Crippen molar-refractivity contribution in [2.24, 2.45) is 5.92 Å². The highest BCUT2D eigenvalue weighted by Gasteiger charge is 2.39. The molecule has 3 N–H and O–H groups in total. The molecule has 0 spiro atoms. The van der Waals surface area contributed by atoms with Crippen LogP contribution in [0.4, 0.5) is 5.69 Å². The number of non-ortho nitro benzene ring substituents is 1. The molecule has 20 heavy (non-hydrogen) atoms. The first-order valence-corrected chi connectivity index (χ1v) is 5.89. The van der Waals surface area contributed by atoms with E-state index in [1.54, 1.807) is 0 Å². The molecule has 0 aliphatic carbocycles. The largest absolute Gasteiger partial charge is 0.387 e. The van der Waals surface area contributed by atoms with Crippen molar-refractivity contribution in [1.29, 1.82) is 0 Å². The van der Waals surface area contributed by atoms with E-state index in [1.807, 2.05) is 0 Å². The minimum atomic E-state index is -1.42. The van der Waals surface area contributed by atoms with E-state index in [1.165, 1.54) is 24.3 Å². The zero-order valence-electron chi connectivity index (χ0n) is 9.90. The summed E-state index contributed by atoms with van der Waals surface area (Å²) in [6.45, 7) is 0. The van der Waals surface area contributed by atoms with Gasteiger partial charge < -0.3 is 15.7 Å². The molecule has 1 aliphatic heterocycles. The molecule has 1 aromatic carbocycles. The predicted octanol–water partition coefficient (Wildman–Crippen LogP) is -0.225. The fourth-order valence-corrected chi connectivity index (χ4v) is 2.00. The van der Waals surface area contributed by atoms with Crippen LogP contribution in [0.3, 0.4) is 0 Å². The molecule has 0 bridgehead atoms. The zero-order chi connectivity index (χ0) is 14.9. The van der Waals surface area contributed by atoms with Crippen LogP contribution in [0.15, 0.2) is 24.3 Å². The van der Waals surface area contributed by atoms with Crippen LogP contribution in [0.25, 0.3) is 0 Å². The second-order valence-electron chi connectivity index (χ2n) is 4.08. The number of amides is 2. The Morgan fingerprint density at radius 3 is 2.15 bits per heavy atom. The highest BCUT2D eigenvalue weighted by molar-refractivity contribution is 7.80. The lowest BCUT2D eigenvalue weighted by Gasteiger charge is -2.26. The Labute approximate surface area is 117 Å². The lowest BCUT2D eigenvalue weighted by atomic mass is 9.93. The molecule has 0 radical (unpaired) electrons. The van der Waals surface area contributed by atoms with Gasteiger partial charge in [-0.15, -0.1) is 0 Å². The average molecular weight is 295 g/mol. The maximum atomic E-state index is 11.7. The fraction of sp³-hybridized carbons (Fsp3) is 0.182. The SMILES string of the molecule is O=C1NC(=S)NC(=O)C1C(O)c1ccc([N+](=O)[O-])cc1. The average Bonchev–Trinajstić information content (AvgIpc) is 2.37. The van der Waals surface area contributed by atoms with Gasteiger partial charge in [0.15, 0.2) is 5.11 Å². The van der Waals surface area contributed by atoms with Crippen LogP contribution in [-0.2, 0) is 9.59 Å². The smallest absolute Gasteiger partial charge is 0.269 e. The van der Waals surface area contributed by atoms with Gasteiger partial charge in [-0.3, -0.25) is 19.7 Å². The number of hydrogen-bond donors (Lipinski definition) is 3. The van der Waals surface area contributed by atoms with Gasteiger partial charge in [-0.25, -0.2) is 0 Å². The van der Waals surface area contributed by atoms with Crippen LogP contribution in [0.5, 0.6) is 0 Å². The van der Waals surface area contributed by atoms with E-state index >= 15 is 0 Å². The summed E-state index contributed by atoms with van der Waals surface area (Å²) < 4.78 is 0. The normalized spacial score (nSPS) is 17.4. The van der Waals surface area contributed by atoms with Gasteiger partial charge in [-0.1, -0.05) is 0 Å². The van der Waals surface area contributed by atoms with Crippen molar-refractivity contribution < 1.29 is 19.6 Å². The monoisotopic (exact) mass is 295 g/mol. The first kappa shape index (κ1) is 14.0. The van der Waals surface area contributed by atoms with E-state index in [4.69, 9.17) is 0 Å². The van der Waals surface area contributed by atoms with Gasteiger partial charge in [-0.2, -0.15) is 0 Å². The predicted molar refractivity (Wildman–Crippen MR) is 70.4 cm³/mol. The lowest BCUT2D eigenvalue weighted by Crippen LogP contribution is -2.57. The minimum absolute atomic E-state index is 0.118. The number of aliphatic hydroxyl groups excluding tert-OH is 1. The highest BCUT2D eigenvalue weighted by atomic mass is 32.1. The highest BCUT2D eigenvalue weighted by Crippen LogP contribution is 2.25. The third-order valence-electron chi connectivity index (χ3n) is 2.80. The van der Waals surface area contributed by atoms with Gasteiger partial charge in [0.25, 0.3) is 5.69 Å². The number of nitrogens with one attached hydrogen (secondary N) is 2. The number of nitro groups is 1. The van der Waals surface area contributed by atoms with Crippen molar-refractivity contribution >= 4 is 34.8 Å². The Kier molecular flexibility index (Phi) is 3.72. The van der Waals surface area contributed by atoms with E-state index in [-0.39, 0.29) is 16.4 Å². The number of carbonyl (C=O) groups excluding carboxylic acids is 2. The molecular formula is C11H9N3O5S. The molecule has 1 saturated heterocycles. The standard InChI is InChI=1S/C11H9N3O5S/c15-8(5-1-3-6(4-2-5)14(18)19)7-9(16)12-11(20)13-10(7)17/h1-4,7-8,15H,(H2,12,13,16,17,20). The van der Waals surface area contributed by atoms with Gasteiger partial charge >= 0.3 is 0 Å². The minimum Gasteiger partial charge on any atom is -0.387 e. The van der Waals surface area contributed by atoms with Crippen molar-refractivity contribution in [3.05, 3.63) is 39.9 Å². The molecule has 1 unspecified atom stereocenters. The van der Waals surface area contributed by atoms with Crippen molar-refractivity contribution in [1.82, 2.24) is 10.6 Å². The first-order valence-electron chi connectivity index (χ1n) is 5.48. The molecule has 0 aromatic heterocycles. The maximum Gasteiger partial charge on any atom is 0.269 e. The number of carbonyl (C=O) groups is 2. The van der Waals surface area contributed by atoms with Crippen molar-refractivity contribution in [2.45, 2.75) is 6.10 Å². The summed E-state index contributed by atoms with van der Waals surface area (Å²) in [5, 5.41) is 24.9. The number of hydrogen-bond acceptors (Lipinski definition) is 6. The molecule has 0 saturated carbocycles. The van der Waals surface area contributed by atoms with Gasteiger partial charge in [0.2, 0.25) is 11.8 Å². The molecule has 1 fully saturated rings. The van der Waals surface area contributed by atoms with E-state index in [0.717, 1.165) is 0 Å². The zero-order valence-corrected chi connectivity index (χ0v) is 10.7. The third-order valence-corrected chi connectivity index (χ3v) is 3.00. The van der Waals surface area contributed by atoms with Gasteiger partial charge in [-0.05, 0) is 29.9 Å². The van der Waals surface area contributed by atoms with E-state index in [2.05, 4.69) is 22.9 Å². The first-order chi connectivity index (χ1) is 9.40. The number of nitro benzene ring substituents is 1. The lowest BCUT2D eigenvalue weighted by molar-refractivity contribution is -0.384. The van der Waals surface area contributed by atoms with E-state index in [9.17, 15) is 24.8 Å². The van der Waals surface area contributed by atoms with E-state index in [0.29, 0.717) is 0 Å². The Balaban J connectivity index is 2.24. The number of thiocarbonyl (C=S) groups is 1. The van der Waals surface area contributed by atoms with Crippen LogP contribution < -0.4 is 10.6 Å². The Morgan fingerprint density at radius 2 is 1.70 bits per heavy atom. The third kappa shape index (κ3) is 2.63. The van der Waals surface area contributed by atoms with Gasteiger partial charge in [0.1, 0.15) is 5.92 Å². The molecule has 1 atom stereocenters. The summed E-state index contributed by atoms with van der Waals surface area (Å²) in [7, 11) is 0. The summed E-state index contributed by atoms with van der Waals surface area (Å²) in [4.78, 5) is 33.3. The number of rotatable bonds is 3. The number of nitrogens with zero attached hydrogens (tertiary/aromatic N) is 1. The molecule has 2 rings (SSSR count). The summed E-state index contributed by atoms with van der Waals surface area (Å²) in [6.07, 6.45) is -1.42. The van der Waals surface area contributed by atoms with E-state index < -0.39 is 28.8 Å². The Hall–Kier alpha value is -2.39. The number of benzene rings is 1. The van der Waals surface area contributed by atoms with Gasteiger partial charge in [0, 0.05) is 12.1 Å². The number of aliphatic hydroxyl groups is 1. The topological polar surface area (TPSA) is 122 Å². The van der Waals surface area contributed by atoms with Crippen LogP contribution in [0, 0.1) is 16.0 Å². The van der Waals surface area contributed by atoms with Crippen LogP contribution >= 0.6 is 12.2 Å². The van der Waals surface area contributed by atoms with Gasteiger partial charge in [0.05, 0.1) is 11.0 Å². The molecule has 9 heteroatoms. The quantitative estimate of drug-likeness (QED) is 0.306. The maximum absolute atomic E-state index is 11.7. The fourth-order valence-electron chi connectivity index (χ4n) is 1.80. The molecule has 8 nitrogen and oxygen atoms in total. The van der Waals surface area contributed by atoms with Crippen molar-refractivity contribution in [3.63, 3.8) is 0 Å². The summed E-state index contributed by atoms with van der Waals surface area (Å²) in [6, 6.07) is 4.94. The second-order valence-corrected chi connectivity index (χ2v) is 4.49. The molecule has 1 aromatic rings. The summed E-state index contributed by atoms with van der Waals surface area (Å²) >= 11 is 4.64. The molecule has 1 heterocycles. The Morgan fingerprint density at radius 1 is 1.20 bits per heavy atom. The van der Waals surface area contributed by atoms with Crippen molar-refractivity contribution in [3.8, 4) is 0 Å². The summed E-state index contributed by atoms with van der Waals surface area (Å²) in [5.74, 6) is -2.79. The molecule has 2 amide bonds. The molecule has 104 valence electrons. The molecule has 1 aliphatic rings. The van der Waals surface area contributed by atoms with Crippen LogP contribution in [-0.4, -0.2) is 27.0 Å². The molecular weight excluding hydrogens is 286 g/mol. The Bertz CT molecular complexity index is 581.